The van der Waals surface area contributed by atoms with Gasteiger partial charge in [-0.2, -0.15) is 0 Å². The van der Waals surface area contributed by atoms with E-state index in [2.05, 4.69) is 26.8 Å². The Bertz CT molecular complexity index is 467. The van der Waals surface area contributed by atoms with Gasteiger partial charge in [0.15, 0.2) is 0 Å². The summed E-state index contributed by atoms with van der Waals surface area (Å²) >= 11 is 0. The van der Waals surface area contributed by atoms with E-state index in [0.29, 0.717) is 5.41 Å². The maximum Gasteiger partial charge on any atom is 0.0577 e. The van der Waals surface area contributed by atoms with Gasteiger partial charge in [-0.15, -0.1) is 0 Å². The summed E-state index contributed by atoms with van der Waals surface area (Å²) in [7, 11) is 0. The summed E-state index contributed by atoms with van der Waals surface area (Å²) in [5, 5.41) is 10.1. The van der Waals surface area contributed by atoms with Crippen LogP contribution in [0.4, 0.5) is 0 Å². The third-order valence-corrected chi connectivity index (χ3v) is 8.42. The van der Waals surface area contributed by atoms with Gasteiger partial charge in [0.05, 0.1) is 6.10 Å². The van der Waals surface area contributed by atoms with Crippen LogP contribution in [0.25, 0.3) is 0 Å². The first-order chi connectivity index (χ1) is 10.5. The molecule has 1 heteroatoms. The van der Waals surface area contributed by atoms with Crippen molar-refractivity contribution >= 4 is 0 Å². The van der Waals surface area contributed by atoms with Crippen molar-refractivity contribution in [3.63, 3.8) is 0 Å². The van der Waals surface area contributed by atoms with Crippen molar-refractivity contribution in [1.29, 1.82) is 0 Å². The van der Waals surface area contributed by atoms with Gasteiger partial charge in [-0.05, 0) is 85.9 Å². The second-order valence-electron chi connectivity index (χ2n) is 9.25. The van der Waals surface area contributed by atoms with Crippen LogP contribution in [0.5, 0.6) is 0 Å². The first-order valence-corrected chi connectivity index (χ1v) is 9.92. The van der Waals surface area contributed by atoms with Gasteiger partial charge in [0.25, 0.3) is 0 Å². The van der Waals surface area contributed by atoms with Gasteiger partial charge in [-0.25, -0.2) is 0 Å². The molecule has 4 aliphatic rings. The molecule has 22 heavy (non-hydrogen) atoms. The normalized spacial score (nSPS) is 54.2. The monoisotopic (exact) mass is 302 g/mol. The molecule has 0 amide bonds. The molecule has 3 fully saturated rings. The molecule has 1 N–H and O–H groups in total. The van der Waals surface area contributed by atoms with Gasteiger partial charge in [-0.3, -0.25) is 0 Å². The second-order valence-corrected chi connectivity index (χ2v) is 9.25. The van der Waals surface area contributed by atoms with Crippen molar-refractivity contribution in [2.45, 2.75) is 78.2 Å². The van der Waals surface area contributed by atoms with Crippen LogP contribution in [-0.4, -0.2) is 11.2 Å². The Balaban J connectivity index is 1.66. The zero-order valence-corrected chi connectivity index (χ0v) is 14.7. The summed E-state index contributed by atoms with van der Waals surface area (Å²) in [4.78, 5) is 0. The lowest BCUT2D eigenvalue weighted by molar-refractivity contribution is -0.0361. The number of hydrogen-bond donors (Lipinski definition) is 1. The van der Waals surface area contributed by atoms with Gasteiger partial charge in [0, 0.05) is 0 Å². The molecule has 0 aromatic heterocycles. The van der Waals surface area contributed by atoms with E-state index in [-0.39, 0.29) is 6.10 Å². The lowest BCUT2D eigenvalue weighted by Crippen LogP contribution is -2.49. The van der Waals surface area contributed by atoms with Crippen LogP contribution in [-0.2, 0) is 0 Å². The number of aliphatic hydroxyl groups excluding tert-OH is 1. The van der Waals surface area contributed by atoms with E-state index in [1.54, 1.807) is 5.57 Å². The van der Waals surface area contributed by atoms with E-state index in [0.717, 1.165) is 48.3 Å². The summed E-state index contributed by atoms with van der Waals surface area (Å²) in [6.45, 7) is 7.51. The topological polar surface area (TPSA) is 20.2 Å². The summed E-state index contributed by atoms with van der Waals surface area (Å²) in [5.41, 5.74) is 2.02. The molecule has 8 atom stereocenters. The predicted octanol–water partition coefficient (Wildman–Crippen LogP) is 5.19. The minimum atomic E-state index is -0.0689. The first-order valence-electron chi connectivity index (χ1n) is 9.92. The highest BCUT2D eigenvalue weighted by Gasteiger charge is 2.55. The summed E-state index contributed by atoms with van der Waals surface area (Å²) in [6.07, 6.45) is 12.9. The van der Waals surface area contributed by atoms with Crippen LogP contribution in [0.1, 0.15) is 72.1 Å². The van der Waals surface area contributed by atoms with Crippen LogP contribution in [0.2, 0.25) is 0 Å². The van der Waals surface area contributed by atoms with E-state index >= 15 is 0 Å². The highest BCUT2D eigenvalue weighted by Crippen LogP contribution is 2.63. The van der Waals surface area contributed by atoms with Crippen LogP contribution in [0.3, 0.4) is 0 Å². The Morgan fingerprint density at radius 3 is 2.82 bits per heavy atom. The van der Waals surface area contributed by atoms with Crippen molar-refractivity contribution in [2.75, 3.05) is 0 Å². The van der Waals surface area contributed by atoms with E-state index < -0.39 is 0 Å². The van der Waals surface area contributed by atoms with Gasteiger partial charge >= 0.3 is 0 Å². The zero-order valence-electron chi connectivity index (χ0n) is 14.7. The molecule has 0 radical (unpaired) electrons. The SMILES string of the molecule is CC[C@H]1CCC2C3CC=C4C[C@@H](O)CC[C@]4(C)C3C[C@@H](C)C21. The predicted molar refractivity (Wildman–Crippen MR) is 91.4 cm³/mol. The largest absolute Gasteiger partial charge is 0.393 e. The van der Waals surface area contributed by atoms with Crippen molar-refractivity contribution in [3.05, 3.63) is 11.6 Å². The molecule has 4 unspecified atom stereocenters. The molecule has 124 valence electrons. The quantitative estimate of drug-likeness (QED) is 0.661. The van der Waals surface area contributed by atoms with Crippen LogP contribution in [0, 0.1) is 40.9 Å². The molecule has 0 bridgehead atoms. The first kappa shape index (κ1) is 15.2. The Morgan fingerprint density at radius 2 is 2.05 bits per heavy atom. The molecular weight excluding hydrogens is 268 g/mol. The smallest absolute Gasteiger partial charge is 0.0577 e. The van der Waals surface area contributed by atoms with Crippen LogP contribution >= 0.6 is 0 Å². The van der Waals surface area contributed by atoms with Crippen molar-refractivity contribution in [2.24, 2.45) is 40.9 Å². The highest BCUT2D eigenvalue weighted by molar-refractivity contribution is 5.25. The van der Waals surface area contributed by atoms with Crippen molar-refractivity contribution in [1.82, 2.24) is 0 Å². The molecule has 0 aromatic rings. The summed E-state index contributed by atoms with van der Waals surface area (Å²) in [6, 6.07) is 0. The lowest BCUT2D eigenvalue weighted by Gasteiger charge is -2.57. The summed E-state index contributed by atoms with van der Waals surface area (Å²) < 4.78 is 0. The average molecular weight is 303 g/mol. The van der Waals surface area contributed by atoms with Crippen LogP contribution < -0.4 is 0 Å². The number of rotatable bonds is 1. The molecule has 0 aromatic carbocycles. The van der Waals surface area contributed by atoms with Crippen molar-refractivity contribution < 1.29 is 5.11 Å². The van der Waals surface area contributed by atoms with Gasteiger partial charge in [-0.1, -0.05) is 38.8 Å². The Morgan fingerprint density at radius 1 is 1.23 bits per heavy atom. The number of hydrogen-bond acceptors (Lipinski definition) is 1. The third-order valence-electron chi connectivity index (χ3n) is 8.42. The van der Waals surface area contributed by atoms with Gasteiger partial charge < -0.3 is 5.11 Å². The minimum absolute atomic E-state index is 0.0689. The van der Waals surface area contributed by atoms with E-state index in [9.17, 15) is 5.11 Å². The molecule has 3 saturated carbocycles. The fourth-order valence-corrected chi connectivity index (χ4v) is 7.34. The van der Waals surface area contributed by atoms with E-state index in [4.69, 9.17) is 0 Å². The molecule has 0 aliphatic heterocycles. The molecule has 1 nitrogen and oxygen atoms in total. The minimum Gasteiger partial charge on any atom is -0.393 e. The highest BCUT2D eigenvalue weighted by atomic mass is 16.3. The molecule has 4 aliphatic carbocycles. The summed E-state index contributed by atoms with van der Waals surface area (Å²) in [5.74, 6) is 5.78. The zero-order chi connectivity index (χ0) is 15.5. The van der Waals surface area contributed by atoms with Gasteiger partial charge in [0.2, 0.25) is 0 Å². The molecule has 0 saturated heterocycles. The number of fused-ring (bicyclic) bond motifs is 5. The fourth-order valence-electron chi connectivity index (χ4n) is 7.34. The Kier molecular flexibility index (Phi) is 3.72. The fraction of sp³-hybridized carbons (Fsp3) is 0.905. The van der Waals surface area contributed by atoms with E-state index in [1.807, 2.05) is 0 Å². The molecular formula is C21H34O. The number of aliphatic hydroxyl groups is 1. The maximum absolute atomic E-state index is 10.1. The van der Waals surface area contributed by atoms with Crippen molar-refractivity contribution in [3.8, 4) is 0 Å². The molecule has 0 heterocycles. The molecule has 4 rings (SSSR count). The molecule has 0 spiro atoms. The van der Waals surface area contributed by atoms with E-state index in [1.165, 1.54) is 38.5 Å². The average Bonchev–Trinajstić information content (AvgIpc) is 2.94. The maximum atomic E-state index is 10.1. The Labute approximate surface area is 136 Å². The third kappa shape index (κ3) is 2.07. The number of allylic oxidation sites excluding steroid dienone is 1. The standard InChI is InChI=1S/C21H34O/c1-4-14-5-7-18-17-8-6-15-12-16(22)9-10-21(15,3)19(17)11-13(2)20(14)18/h6,13-14,16-20,22H,4-5,7-12H2,1-3H3/t13-,14+,16+,17?,18?,19?,20?,21+/m1/s1. The van der Waals surface area contributed by atoms with Gasteiger partial charge in [0.1, 0.15) is 0 Å². The lowest BCUT2D eigenvalue weighted by atomic mass is 9.48. The second kappa shape index (κ2) is 5.36. The Hall–Kier alpha value is -0.300. The van der Waals surface area contributed by atoms with Crippen LogP contribution in [0.15, 0.2) is 11.6 Å².